The Kier molecular flexibility index (Phi) is 10.5. The molecular formula is C24H20Cl2N4O2S2. The number of thioether (sulfide) groups is 2. The minimum Gasteiger partial charge on any atom is -0.272 e. The number of halogens is 2. The lowest BCUT2D eigenvalue weighted by Crippen LogP contribution is -2.19. The molecule has 34 heavy (non-hydrogen) atoms. The van der Waals surface area contributed by atoms with E-state index in [1.807, 2.05) is 48.5 Å². The van der Waals surface area contributed by atoms with Crippen molar-refractivity contribution in [1.82, 2.24) is 10.9 Å². The normalized spacial score (nSPS) is 11.1. The van der Waals surface area contributed by atoms with Crippen molar-refractivity contribution in [3.05, 3.63) is 94.0 Å². The molecule has 2 N–H and O–H groups in total. The van der Waals surface area contributed by atoms with Crippen LogP contribution in [0.1, 0.15) is 11.1 Å². The summed E-state index contributed by atoms with van der Waals surface area (Å²) in [4.78, 5) is 25.7. The molecule has 0 aliphatic carbocycles. The van der Waals surface area contributed by atoms with Crippen molar-refractivity contribution in [1.29, 1.82) is 0 Å². The van der Waals surface area contributed by atoms with Crippen LogP contribution >= 0.6 is 46.7 Å². The fourth-order valence-electron chi connectivity index (χ4n) is 2.45. The second kappa shape index (κ2) is 13.8. The van der Waals surface area contributed by atoms with Gasteiger partial charge in [0, 0.05) is 19.8 Å². The van der Waals surface area contributed by atoms with Crippen molar-refractivity contribution in [2.75, 3.05) is 11.5 Å². The van der Waals surface area contributed by atoms with Crippen LogP contribution in [0.2, 0.25) is 10.0 Å². The summed E-state index contributed by atoms with van der Waals surface area (Å²) in [5.41, 5.74) is 6.63. The van der Waals surface area contributed by atoms with Gasteiger partial charge in [-0.05, 0) is 59.7 Å². The molecule has 0 saturated heterocycles. The van der Waals surface area contributed by atoms with E-state index in [0.717, 1.165) is 20.9 Å². The first-order valence-electron chi connectivity index (χ1n) is 9.98. The van der Waals surface area contributed by atoms with Gasteiger partial charge < -0.3 is 0 Å². The molecule has 3 rings (SSSR count). The zero-order valence-corrected chi connectivity index (χ0v) is 20.9. The average Bonchev–Trinajstić information content (AvgIpc) is 2.84. The molecule has 6 nitrogen and oxygen atoms in total. The lowest BCUT2D eigenvalue weighted by Gasteiger charge is -2.01. The summed E-state index contributed by atoms with van der Waals surface area (Å²) in [6.45, 7) is 0. The van der Waals surface area contributed by atoms with Crippen molar-refractivity contribution < 1.29 is 9.59 Å². The number of nitrogens with one attached hydrogen (secondary N) is 2. The van der Waals surface area contributed by atoms with E-state index in [4.69, 9.17) is 23.2 Å². The van der Waals surface area contributed by atoms with Gasteiger partial charge in [-0.15, -0.1) is 23.5 Å². The van der Waals surface area contributed by atoms with Crippen LogP contribution in [0.3, 0.4) is 0 Å². The van der Waals surface area contributed by atoms with Crippen LogP contribution in [0.5, 0.6) is 0 Å². The Morgan fingerprint density at radius 1 is 0.647 bits per heavy atom. The third-order valence-corrected chi connectivity index (χ3v) is 6.64. The molecule has 0 radical (unpaired) electrons. The van der Waals surface area contributed by atoms with Crippen LogP contribution in [0.15, 0.2) is 92.8 Å². The molecule has 0 aliphatic heterocycles. The lowest BCUT2D eigenvalue weighted by atomic mass is 10.2. The Labute approximate surface area is 216 Å². The van der Waals surface area contributed by atoms with Crippen molar-refractivity contribution in [2.24, 2.45) is 10.2 Å². The van der Waals surface area contributed by atoms with Crippen molar-refractivity contribution in [2.45, 2.75) is 9.79 Å². The number of amides is 2. The largest absolute Gasteiger partial charge is 0.272 e. The van der Waals surface area contributed by atoms with Crippen LogP contribution in [0.4, 0.5) is 0 Å². The summed E-state index contributed by atoms with van der Waals surface area (Å²) in [5.74, 6) is 0.0891. The monoisotopic (exact) mass is 530 g/mol. The molecule has 2 amide bonds. The first-order chi connectivity index (χ1) is 16.5. The zero-order valence-electron chi connectivity index (χ0n) is 17.8. The molecule has 3 aromatic carbocycles. The smallest absolute Gasteiger partial charge is 0.250 e. The molecule has 0 aliphatic rings. The van der Waals surface area contributed by atoms with E-state index in [-0.39, 0.29) is 23.3 Å². The van der Waals surface area contributed by atoms with Crippen molar-refractivity contribution in [3.63, 3.8) is 0 Å². The molecule has 10 heteroatoms. The van der Waals surface area contributed by atoms with Crippen LogP contribution in [0.25, 0.3) is 0 Å². The minimum atomic E-state index is -0.204. The molecule has 0 fully saturated rings. The highest BCUT2D eigenvalue weighted by Crippen LogP contribution is 2.20. The van der Waals surface area contributed by atoms with Gasteiger partial charge in [0.25, 0.3) is 0 Å². The molecule has 0 spiro atoms. The van der Waals surface area contributed by atoms with E-state index in [1.165, 1.54) is 23.5 Å². The number of hydrogen-bond donors (Lipinski definition) is 2. The molecule has 0 bridgehead atoms. The molecule has 0 unspecified atom stereocenters. The van der Waals surface area contributed by atoms with E-state index in [1.54, 1.807) is 36.7 Å². The third-order valence-electron chi connectivity index (χ3n) is 4.11. The topological polar surface area (TPSA) is 82.9 Å². The van der Waals surface area contributed by atoms with Gasteiger partial charge in [0.1, 0.15) is 0 Å². The Hall–Kier alpha value is -2.78. The maximum atomic E-state index is 11.9. The number of hydrogen-bond acceptors (Lipinski definition) is 6. The maximum absolute atomic E-state index is 11.9. The van der Waals surface area contributed by atoms with Gasteiger partial charge in [-0.3, -0.25) is 9.59 Å². The van der Waals surface area contributed by atoms with E-state index in [9.17, 15) is 9.59 Å². The molecule has 0 heterocycles. The highest BCUT2D eigenvalue weighted by molar-refractivity contribution is 8.00. The fourth-order valence-corrected chi connectivity index (χ4v) is 4.08. The lowest BCUT2D eigenvalue weighted by molar-refractivity contribution is -0.119. The predicted octanol–water partition coefficient (Wildman–Crippen LogP) is 5.48. The Morgan fingerprint density at radius 2 is 1.00 bits per heavy atom. The predicted molar refractivity (Wildman–Crippen MR) is 142 cm³/mol. The molecule has 0 aromatic heterocycles. The third kappa shape index (κ3) is 9.61. The number of carbonyl (C=O) groups excluding carboxylic acids is 2. The highest BCUT2D eigenvalue weighted by Gasteiger charge is 2.03. The number of hydrazone groups is 2. The van der Waals surface area contributed by atoms with Crippen LogP contribution < -0.4 is 10.9 Å². The Bertz CT molecular complexity index is 1060. The summed E-state index contributed by atoms with van der Waals surface area (Å²) in [7, 11) is 0. The summed E-state index contributed by atoms with van der Waals surface area (Å²) in [6, 6.07) is 21.9. The summed E-state index contributed by atoms with van der Waals surface area (Å²) in [6.07, 6.45) is 3.11. The number of nitrogens with zero attached hydrogens (tertiary/aromatic N) is 2. The minimum absolute atomic E-state index is 0.204. The highest BCUT2D eigenvalue weighted by atomic mass is 35.5. The van der Waals surface area contributed by atoms with Gasteiger partial charge >= 0.3 is 0 Å². The van der Waals surface area contributed by atoms with Gasteiger partial charge in [-0.25, -0.2) is 10.9 Å². The summed E-state index contributed by atoms with van der Waals surface area (Å²) < 4.78 is 0. The molecule has 174 valence electrons. The molecule has 0 atom stereocenters. The maximum Gasteiger partial charge on any atom is 0.250 e. The number of rotatable bonds is 10. The van der Waals surface area contributed by atoms with E-state index in [0.29, 0.717) is 10.0 Å². The van der Waals surface area contributed by atoms with E-state index < -0.39 is 0 Å². The Morgan fingerprint density at radius 3 is 1.35 bits per heavy atom. The molecule has 0 saturated carbocycles. The van der Waals surface area contributed by atoms with E-state index in [2.05, 4.69) is 21.1 Å². The van der Waals surface area contributed by atoms with Crippen LogP contribution in [-0.4, -0.2) is 35.7 Å². The number of carbonyl (C=O) groups is 2. The standard InChI is InChI=1S/C24H20Cl2N4O2S2/c25-19-5-9-21(10-6-19)33-15-23(31)29-27-13-17-1-2-18(4-3-17)14-28-30-24(32)16-34-22-11-7-20(26)8-12-22/h1-14H,15-16H2,(H,29,31)(H,30,32). The van der Waals surface area contributed by atoms with Gasteiger partial charge in [-0.2, -0.15) is 10.2 Å². The van der Waals surface area contributed by atoms with Gasteiger partial charge in [0.05, 0.1) is 23.9 Å². The van der Waals surface area contributed by atoms with Gasteiger partial charge in [-0.1, -0.05) is 47.5 Å². The van der Waals surface area contributed by atoms with Gasteiger partial charge in [0.15, 0.2) is 0 Å². The van der Waals surface area contributed by atoms with Gasteiger partial charge in [0.2, 0.25) is 11.8 Å². The SMILES string of the molecule is O=C(CSc1ccc(Cl)cc1)NN=Cc1ccc(C=NNC(=O)CSc2ccc(Cl)cc2)cc1. The van der Waals surface area contributed by atoms with Crippen LogP contribution in [0, 0.1) is 0 Å². The average molecular weight is 531 g/mol. The first-order valence-corrected chi connectivity index (χ1v) is 12.7. The van der Waals surface area contributed by atoms with Crippen molar-refractivity contribution >= 4 is 71.0 Å². The second-order valence-corrected chi connectivity index (χ2v) is 9.71. The summed E-state index contributed by atoms with van der Waals surface area (Å²) in [5, 5.41) is 9.26. The van der Waals surface area contributed by atoms with Crippen molar-refractivity contribution in [3.8, 4) is 0 Å². The van der Waals surface area contributed by atoms with E-state index >= 15 is 0 Å². The molecule has 3 aromatic rings. The Balaban J connectivity index is 1.36. The quantitative estimate of drug-likeness (QED) is 0.206. The summed E-state index contributed by atoms with van der Waals surface area (Å²) >= 11 is 14.5. The molecular weight excluding hydrogens is 511 g/mol. The van der Waals surface area contributed by atoms with Crippen LogP contribution in [-0.2, 0) is 9.59 Å². The number of benzene rings is 3. The first kappa shape index (κ1) is 25.8. The fraction of sp³-hybridized carbons (Fsp3) is 0.0833. The second-order valence-electron chi connectivity index (χ2n) is 6.74. The zero-order chi connectivity index (χ0) is 24.2.